The standard InChI is InChI=1S/C17H16F2O2/c1-2-4-13-16(20)9-11(10-17(13)21)7-8-12-14(18)5-3-6-15(12)19/h3,5-10,20-21H,2,4H2,1H3. The summed E-state index contributed by atoms with van der Waals surface area (Å²) in [5.74, 6) is -1.37. The van der Waals surface area contributed by atoms with Gasteiger partial charge in [0.1, 0.15) is 23.1 Å². The fraction of sp³-hybridized carbons (Fsp3) is 0.176. The van der Waals surface area contributed by atoms with E-state index >= 15 is 0 Å². The number of hydrogen-bond acceptors (Lipinski definition) is 2. The first kappa shape index (κ1) is 15.0. The number of hydrogen-bond donors (Lipinski definition) is 2. The van der Waals surface area contributed by atoms with Crippen LogP contribution < -0.4 is 0 Å². The third-order valence-corrected chi connectivity index (χ3v) is 3.17. The van der Waals surface area contributed by atoms with Crippen molar-refractivity contribution in [2.75, 3.05) is 0 Å². The lowest BCUT2D eigenvalue weighted by Gasteiger charge is -2.07. The van der Waals surface area contributed by atoms with Gasteiger partial charge in [-0.2, -0.15) is 0 Å². The van der Waals surface area contributed by atoms with Crippen LogP contribution in [0.3, 0.4) is 0 Å². The lowest BCUT2D eigenvalue weighted by Crippen LogP contribution is -1.88. The molecule has 0 atom stereocenters. The molecule has 0 saturated heterocycles. The fourth-order valence-electron chi connectivity index (χ4n) is 2.11. The van der Waals surface area contributed by atoms with Crippen LogP contribution in [0, 0.1) is 11.6 Å². The Morgan fingerprint density at radius 2 is 1.57 bits per heavy atom. The van der Waals surface area contributed by atoms with Gasteiger partial charge >= 0.3 is 0 Å². The number of phenols is 2. The van der Waals surface area contributed by atoms with Crippen LogP contribution in [0.1, 0.15) is 30.0 Å². The highest BCUT2D eigenvalue weighted by molar-refractivity contribution is 5.72. The molecule has 4 heteroatoms. The Bertz CT molecular complexity index is 635. The van der Waals surface area contributed by atoms with Crippen molar-refractivity contribution in [1.82, 2.24) is 0 Å². The quantitative estimate of drug-likeness (QED) is 0.814. The molecule has 2 aromatic carbocycles. The van der Waals surface area contributed by atoms with Crippen molar-refractivity contribution in [1.29, 1.82) is 0 Å². The maximum absolute atomic E-state index is 13.5. The SMILES string of the molecule is CCCc1c(O)cc(C=Cc2c(F)cccc2F)cc1O. The molecule has 0 aliphatic heterocycles. The van der Waals surface area contributed by atoms with E-state index in [0.717, 1.165) is 6.42 Å². The zero-order valence-electron chi connectivity index (χ0n) is 11.6. The maximum Gasteiger partial charge on any atom is 0.133 e. The van der Waals surface area contributed by atoms with E-state index in [4.69, 9.17) is 0 Å². The van der Waals surface area contributed by atoms with Crippen molar-refractivity contribution in [2.45, 2.75) is 19.8 Å². The molecule has 21 heavy (non-hydrogen) atoms. The lowest BCUT2D eigenvalue weighted by molar-refractivity contribution is 0.437. The van der Waals surface area contributed by atoms with Crippen LogP contribution in [0.2, 0.25) is 0 Å². The van der Waals surface area contributed by atoms with Crippen molar-refractivity contribution in [3.8, 4) is 11.5 Å². The number of benzene rings is 2. The minimum Gasteiger partial charge on any atom is -0.508 e. The van der Waals surface area contributed by atoms with Crippen LogP contribution in [0.4, 0.5) is 8.78 Å². The molecule has 2 nitrogen and oxygen atoms in total. The predicted molar refractivity (Wildman–Crippen MR) is 79.1 cm³/mol. The molecular weight excluding hydrogens is 274 g/mol. The van der Waals surface area contributed by atoms with Gasteiger partial charge in [0, 0.05) is 11.1 Å². The molecule has 0 bridgehead atoms. The van der Waals surface area contributed by atoms with E-state index in [9.17, 15) is 19.0 Å². The summed E-state index contributed by atoms with van der Waals surface area (Å²) in [6.45, 7) is 1.94. The Kier molecular flexibility index (Phi) is 4.58. The summed E-state index contributed by atoms with van der Waals surface area (Å²) in [6.07, 6.45) is 4.06. The largest absolute Gasteiger partial charge is 0.508 e. The van der Waals surface area contributed by atoms with Gasteiger partial charge in [0.15, 0.2) is 0 Å². The second-order valence-electron chi connectivity index (χ2n) is 4.76. The second-order valence-corrected chi connectivity index (χ2v) is 4.76. The summed E-state index contributed by atoms with van der Waals surface area (Å²) < 4.78 is 27.0. The molecule has 0 saturated carbocycles. The Balaban J connectivity index is 2.34. The summed E-state index contributed by atoms with van der Waals surface area (Å²) in [5, 5.41) is 19.7. The van der Waals surface area contributed by atoms with Crippen LogP contribution >= 0.6 is 0 Å². The Morgan fingerprint density at radius 1 is 1.00 bits per heavy atom. The smallest absolute Gasteiger partial charge is 0.133 e. The fourth-order valence-corrected chi connectivity index (χ4v) is 2.11. The van der Waals surface area contributed by atoms with Crippen molar-refractivity contribution in [2.24, 2.45) is 0 Å². The van der Waals surface area contributed by atoms with Crippen LogP contribution in [0.15, 0.2) is 30.3 Å². The van der Waals surface area contributed by atoms with E-state index < -0.39 is 11.6 Å². The number of rotatable bonds is 4. The number of phenolic OH excluding ortho intramolecular Hbond substituents is 2. The highest BCUT2D eigenvalue weighted by Gasteiger charge is 2.08. The van der Waals surface area contributed by atoms with E-state index in [1.807, 2.05) is 6.92 Å². The van der Waals surface area contributed by atoms with Gasteiger partial charge in [-0.1, -0.05) is 25.5 Å². The van der Waals surface area contributed by atoms with Gasteiger partial charge in [0.2, 0.25) is 0 Å². The minimum atomic E-state index is -0.665. The average Bonchev–Trinajstić information content (AvgIpc) is 2.42. The molecule has 110 valence electrons. The molecule has 0 radical (unpaired) electrons. The molecule has 0 amide bonds. The Morgan fingerprint density at radius 3 is 2.10 bits per heavy atom. The van der Waals surface area contributed by atoms with Gasteiger partial charge in [-0.3, -0.25) is 0 Å². The van der Waals surface area contributed by atoms with Crippen LogP contribution in [-0.4, -0.2) is 10.2 Å². The van der Waals surface area contributed by atoms with Crippen molar-refractivity contribution in [3.63, 3.8) is 0 Å². The molecule has 0 aromatic heterocycles. The van der Waals surface area contributed by atoms with E-state index in [1.165, 1.54) is 42.5 Å². The zero-order valence-corrected chi connectivity index (χ0v) is 11.6. The highest BCUT2D eigenvalue weighted by Crippen LogP contribution is 2.31. The minimum absolute atomic E-state index is 0.0227. The topological polar surface area (TPSA) is 40.5 Å². The molecule has 0 aliphatic carbocycles. The van der Waals surface area contributed by atoms with E-state index in [-0.39, 0.29) is 17.1 Å². The number of halogens is 2. The first-order valence-electron chi connectivity index (χ1n) is 6.70. The highest BCUT2D eigenvalue weighted by atomic mass is 19.1. The molecular formula is C17H16F2O2. The molecule has 0 unspecified atom stereocenters. The van der Waals surface area contributed by atoms with Gasteiger partial charge in [-0.25, -0.2) is 8.78 Å². The molecule has 2 rings (SSSR count). The van der Waals surface area contributed by atoms with Crippen LogP contribution in [0.5, 0.6) is 11.5 Å². The zero-order chi connectivity index (χ0) is 15.4. The first-order valence-corrected chi connectivity index (χ1v) is 6.70. The Hall–Kier alpha value is -2.36. The summed E-state index contributed by atoms with van der Waals surface area (Å²) in [5.41, 5.74) is 0.786. The second kappa shape index (κ2) is 6.39. The predicted octanol–water partition coefficient (Wildman–Crippen LogP) is 4.50. The first-order chi connectivity index (χ1) is 10.0. The summed E-state index contributed by atoms with van der Waals surface area (Å²) in [7, 11) is 0. The van der Waals surface area contributed by atoms with Gasteiger partial charge in [-0.05, 0) is 42.3 Å². The third-order valence-electron chi connectivity index (χ3n) is 3.17. The molecule has 0 aliphatic rings. The lowest BCUT2D eigenvalue weighted by atomic mass is 10.0. The van der Waals surface area contributed by atoms with Gasteiger partial charge < -0.3 is 10.2 Å². The maximum atomic E-state index is 13.5. The summed E-state index contributed by atoms with van der Waals surface area (Å²) >= 11 is 0. The normalized spacial score (nSPS) is 11.2. The summed E-state index contributed by atoms with van der Waals surface area (Å²) in [4.78, 5) is 0. The third kappa shape index (κ3) is 3.40. The van der Waals surface area contributed by atoms with Gasteiger partial charge in [-0.15, -0.1) is 0 Å². The van der Waals surface area contributed by atoms with E-state index in [0.29, 0.717) is 17.5 Å². The molecule has 0 heterocycles. The van der Waals surface area contributed by atoms with Crippen molar-refractivity contribution < 1.29 is 19.0 Å². The monoisotopic (exact) mass is 290 g/mol. The summed E-state index contributed by atoms with van der Waals surface area (Å²) in [6, 6.07) is 6.54. The van der Waals surface area contributed by atoms with Crippen LogP contribution in [0.25, 0.3) is 12.2 Å². The van der Waals surface area contributed by atoms with Gasteiger partial charge in [0.25, 0.3) is 0 Å². The molecule has 2 aromatic rings. The van der Waals surface area contributed by atoms with Crippen molar-refractivity contribution in [3.05, 3.63) is 58.7 Å². The average molecular weight is 290 g/mol. The Labute approximate surface area is 122 Å². The van der Waals surface area contributed by atoms with E-state index in [1.54, 1.807) is 0 Å². The molecule has 0 fully saturated rings. The number of aromatic hydroxyl groups is 2. The van der Waals surface area contributed by atoms with Gasteiger partial charge in [0.05, 0.1) is 0 Å². The van der Waals surface area contributed by atoms with Crippen LogP contribution in [-0.2, 0) is 6.42 Å². The van der Waals surface area contributed by atoms with Crippen molar-refractivity contribution >= 4 is 12.2 Å². The molecule has 2 N–H and O–H groups in total. The molecule has 0 spiro atoms. The van der Waals surface area contributed by atoms with E-state index in [2.05, 4.69) is 0 Å².